The van der Waals surface area contributed by atoms with E-state index in [1.807, 2.05) is 0 Å². The summed E-state index contributed by atoms with van der Waals surface area (Å²) >= 11 is 12.0. The Morgan fingerprint density at radius 2 is 1.84 bits per heavy atom. The van der Waals surface area contributed by atoms with E-state index >= 15 is 0 Å². The van der Waals surface area contributed by atoms with Gasteiger partial charge in [-0.05, 0) is 18.9 Å². The molecule has 6 nitrogen and oxygen atoms in total. The number of hydrogen-bond acceptors (Lipinski definition) is 3. The topological polar surface area (TPSA) is 57.9 Å². The maximum atomic E-state index is 13.4. The van der Waals surface area contributed by atoms with Crippen LogP contribution in [0.2, 0.25) is 10.2 Å². The predicted octanol–water partition coefficient (Wildman–Crippen LogP) is 4.91. The fourth-order valence-electron chi connectivity index (χ4n) is 3.95. The van der Waals surface area contributed by atoms with Crippen molar-refractivity contribution in [2.45, 2.75) is 51.7 Å². The molecule has 0 bridgehead atoms. The summed E-state index contributed by atoms with van der Waals surface area (Å²) in [5.74, 6) is -0.876. The van der Waals surface area contributed by atoms with Crippen LogP contribution in [0.15, 0.2) is 12.3 Å². The Hall–Kier alpha value is -2.00. The largest absolute Gasteiger partial charge is 0.420 e. The number of pyridine rings is 1. The number of carbonyl (C=O) groups excluding carboxylic acids is 2. The molecule has 3 heterocycles. The SMILES string of the molecule is CCCC(CCC)N1CCN(C(=O)c2nc3c(C(F)(F)F)cc(Cl)cn3c2Cl)CC1=O. The number of hydrogen-bond donors (Lipinski definition) is 0. The van der Waals surface area contributed by atoms with Crippen LogP contribution in [0.25, 0.3) is 5.65 Å². The lowest BCUT2D eigenvalue weighted by atomic mass is 10.0. The van der Waals surface area contributed by atoms with Crippen LogP contribution in [0.3, 0.4) is 0 Å². The monoisotopic (exact) mass is 478 g/mol. The van der Waals surface area contributed by atoms with E-state index in [4.69, 9.17) is 23.2 Å². The van der Waals surface area contributed by atoms with Crippen molar-refractivity contribution in [1.82, 2.24) is 19.2 Å². The Balaban J connectivity index is 1.87. The number of imidazole rings is 1. The molecule has 0 radical (unpaired) electrons. The van der Waals surface area contributed by atoms with Gasteiger partial charge >= 0.3 is 6.18 Å². The molecule has 0 saturated carbocycles. The molecule has 0 aliphatic carbocycles. The molecule has 0 atom stereocenters. The molecule has 1 aliphatic heterocycles. The lowest BCUT2D eigenvalue weighted by molar-refractivity contribution is -0.138. The highest BCUT2D eigenvalue weighted by Crippen LogP contribution is 2.36. The van der Waals surface area contributed by atoms with Gasteiger partial charge in [0.25, 0.3) is 5.91 Å². The van der Waals surface area contributed by atoms with E-state index in [1.54, 1.807) is 4.90 Å². The first-order chi connectivity index (χ1) is 14.6. The van der Waals surface area contributed by atoms with Gasteiger partial charge in [0.1, 0.15) is 17.3 Å². The summed E-state index contributed by atoms with van der Waals surface area (Å²) in [5.41, 5.74) is -1.95. The standard InChI is InChI=1S/C20H23Cl2F3N4O2/c1-3-5-13(6-4-2)28-8-7-27(11-15(28)30)19(31)16-17(22)29-10-12(21)9-14(18(29)26-16)20(23,24)25/h9-10,13H,3-8,11H2,1-2H3. The average molecular weight is 479 g/mol. The van der Waals surface area contributed by atoms with E-state index in [1.165, 1.54) is 11.1 Å². The molecule has 1 fully saturated rings. The number of amides is 2. The minimum Gasteiger partial charge on any atom is -0.336 e. The van der Waals surface area contributed by atoms with Gasteiger partial charge in [-0.3, -0.25) is 14.0 Å². The molecule has 0 unspecified atom stereocenters. The number of aromatic nitrogens is 2. The smallest absolute Gasteiger partial charge is 0.336 e. The highest BCUT2D eigenvalue weighted by atomic mass is 35.5. The van der Waals surface area contributed by atoms with Crippen LogP contribution in [0.1, 0.15) is 55.6 Å². The third-order valence-corrected chi connectivity index (χ3v) is 5.93. The van der Waals surface area contributed by atoms with Gasteiger partial charge in [-0.15, -0.1) is 0 Å². The number of fused-ring (bicyclic) bond motifs is 1. The van der Waals surface area contributed by atoms with Crippen molar-refractivity contribution >= 4 is 40.7 Å². The van der Waals surface area contributed by atoms with Gasteiger partial charge in [0.05, 0.1) is 5.02 Å². The normalized spacial score (nSPS) is 15.4. The minimum absolute atomic E-state index is 0.120. The van der Waals surface area contributed by atoms with Crippen molar-refractivity contribution in [2.24, 2.45) is 0 Å². The van der Waals surface area contributed by atoms with Crippen LogP contribution < -0.4 is 0 Å². The molecule has 2 amide bonds. The summed E-state index contributed by atoms with van der Waals surface area (Å²) in [6.45, 7) is 4.56. The molecule has 170 valence electrons. The number of nitrogens with zero attached hydrogens (tertiary/aromatic N) is 4. The molecular formula is C20H23Cl2F3N4O2. The van der Waals surface area contributed by atoms with Gasteiger partial charge in [-0.2, -0.15) is 13.2 Å². The molecule has 1 saturated heterocycles. The number of rotatable bonds is 6. The molecule has 31 heavy (non-hydrogen) atoms. The second kappa shape index (κ2) is 9.24. The van der Waals surface area contributed by atoms with Gasteiger partial charge in [-0.1, -0.05) is 49.9 Å². The van der Waals surface area contributed by atoms with Crippen LogP contribution in [0, 0.1) is 0 Å². The zero-order valence-corrected chi connectivity index (χ0v) is 18.7. The molecule has 0 spiro atoms. The first kappa shape index (κ1) is 23.7. The highest BCUT2D eigenvalue weighted by Gasteiger charge is 2.37. The predicted molar refractivity (Wildman–Crippen MR) is 111 cm³/mol. The second-order valence-corrected chi connectivity index (χ2v) is 8.35. The van der Waals surface area contributed by atoms with E-state index < -0.39 is 23.3 Å². The summed E-state index contributed by atoms with van der Waals surface area (Å²) < 4.78 is 41.1. The van der Waals surface area contributed by atoms with Gasteiger partial charge in [-0.25, -0.2) is 4.98 Å². The zero-order valence-electron chi connectivity index (χ0n) is 17.2. The number of piperazine rings is 1. The van der Waals surface area contributed by atoms with E-state index in [2.05, 4.69) is 18.8 Å². The molecule has 0 N–H and O–H groups in total. The van der Waals surface area contributed by atoms with Crippen LogP contribution in [-0.2, 0) is 11.0 Å². The Labute approximate surface area is 187 Å². The second-order valence-electron chi connectivity index (χ2n) is 7.56. The van der Waals surface area contributed by atoms with E-state index in [-0.39, 0.29) is 40.9 Å². The Bertz CT molecular complexity index is 987. The highest BCUT2D eigenvalue weighted by molar-refractivity contribution is 6.33. The first-order valence-corrected chi connectivity index (χ1v) is 10.9. The molecule has 11 heteroatoms. The van der Waals surface area contributed by atoms with E-state index in [9.17, 15) is 22.8 Å². The molecule has 2 aromatic heterocycles. The lowest BCUT2D eigenvalue weighted by Crippen LogP contribution is -2.55. The van der Waals surface area contributed by atoms with Crippen molar-refractivity contribution < 1.29 is 22.8 Å². The van der Waals surface area contributed by atoms with Crippen LogP contribution in [0.5, 0.6) is 0 Å². The van der Waals surface area contributed by atoms with Crippen LogP contribution in [0.4, 0.5) is 13.2 Å². The minimum atomic E-state index is -4.73. The van der Waals surface area contributed by atoms with Crippen LogP contribution in [-0.4, -0.2) is 56.7 Å². The van der Waals surface area contributed by atoms with Crippen molar-refractivity contribution in [3.63, 3.8) is 0 Å². The average Bonchev–Trinajstić information content (AvgIpc) is 3.02. The third-order valence-electron chi connectivity index (χ3n) is 5.37. The molecule has 3 rings (SSSR count). The molecule has 0 aromatic carbocycles. The number of halogens is 5. The van der Waals surface area contributed by atoms with E-state index in [0.29, 0.717) is 6.54 Å². The molecule has 2 aromatic rings. The van der Waals surface area contributed by atoms with Crippen molar-refractivity contribution in [3.05, 3.63) is 33.7 Å². The molecular weight excluding hydrogens is 456 g/mol. The summed E-state index contributed by atoms with van der Waals surface area (Å²) in [7, 11) is 0. The number of carbonyl (C=O) groups is 2. The zero-order chi connectivity index (χ0) is 22.9. The van der Waals surface area contributed by atoms with Gasteiger partial charge in [0.2, 0.25) is 5.91 Å². The Morgan fingerprint density at radius 1 is 1.19 bits per heavy atom. The van der Waals surface area contributed by atoms with Crippen molar-refractivity contribution in [2.75, 3.05) is 19.6 Å². The molecule has 1 aliphatic rings. The van der Waals surface area contributed by atoms with Crippen molar-refractivity contribution in [3.8, 4) is 0 Å². The summed E-state index contributed by atoms with van der Waals surface area (Å²) in [4.78, 5) is 32.7. The fourth-order valence-corrected chi connectivity index (χ4v) is 4.41. The van der Waals surface area contributed by atoms with Crippen molar-refractivity contribution in [1.29, 1.82) is 0 Å². The van der Waals surface area contributed by atoms with Gasteiger partial charge in [0, 0.05) is 25.3 Å². The number of alkyl halides is 3. The summed E-state index contributed by atoms with van der Waals surface area (Å²) in [6, 6.07) is 0.855. The van der Waals surface area contributed by atoms with E-state index in [0.717, 1.165) is 36.2 Å². The summed E-state index contributed by atoms with van der Waals surface area (Å²) in [6.07, 6.45) is 0.0906. The van der Waals surface area contributed by atoms with Gasteiger partial charge in [0.15, 0.2) is 11.3 Å². The fraction of sp³-hybridized carbons (Fsp3) is 0.550. The maximum absolute atomic E-state index is 13.4. The first-order valence-electron chi connectivity index (χ1n) is 10.1. The third kappa shape index (κ3) is 4.77. The lowest BCUT2D eigenvalue weighted by Gasteiger charge is -2.39. The van der Waals surface area contributed by atoms with Crippen LogP contribution >= 0.6 is 23.2 Å². The van der Waals surface area contributed by atoms with Gasteiger partial charge < -0.3 is 9.80 Å². The summed E-state index contributed by atoms with van der Waals surface area (Å²) in [5, 5.41) is -0.475. The Morgan fingerprint density at radius 3 is 2.39 bits per heavy atom. The Kier molecular flexibility index (Phi) is 7.05. The maximum Gasteiger partial charge on any atom is 0.420 e. The quantitative estimate of drug-likeness (QED) is 0.592.